The second-order valence-corrected chi connectivity index (χ2v) is 7.97. The Kier molecular flexibility index (Phi) is 4.38. The molecule has 1 fully saturated rings. The smallest absolute Gasteiger partial charge is 0.263 e. The van der Waals surface area contributed by atoms with E-state index in [1.54, 1.807) is 11.3 Å². The van der Waals surface area contributed by atoms with Crippen LogP contribution in [0.1, 0.15) is 39.9 Å². The van der Waals surface area contributed by atoms with Crippen LogP contribution >= 0.6 is 23.1 Å². The zero-order valence-electron chi connectivity index (χ0n) is 11.8. The Morgan fingerprint density at radius 3 is 2.85 bits per heavy atom. The molecule has 0 aliphatic carbocycles. The standard InChI is InChI=1S/C15H21NO2S2/c1-10(17)11-2-5-16(6-3-11)15(18)14-8-12-9-19-7-4-13(12)20-14/h8,10-11,17H,2-7,9H2,1H3. The molecule has 1 N–H and O–H groups in total. The van der Waals surface area contributed by atoms with E-state index in [2.05, 4.69) is 6.07 Å². The fourth-order valence-corrected chi connectivity index (χ4v) is 5.33. The lowest BCUT2D eigenvalue weighted by atomic mass is 9.92. The monoisotopic (exact) mass is 311 g/mol. The van der Waals surface area contributed by atoms with Crippen LogP contribution in [0.25, 0.3) is 0 Å². The Bertz CT molecular complexity index is 467. The summed E-state index contributed by atoms with van der Waals surface area (Å²) in [5, 5.41) is 9.63. The molecule has 0 saturated carbocycles. The maximum atomic E-state index is 12.6. The topological polar surface area (TPSA) is 40.5 Å². The molecule has 20 heavy (non-hydrogen) atoms. The lowest BCUT2D eigenvalue weighted by Gasteiger charge is -2.33. The van der Waals surface area contributed by atoms with Crippen molar-refractivity contribution in [1.82, 2.24) is 4.90 Å². The normalized spacial score (nSPS) is 21.6. The first-order valence-electron chi connectivity index (χ1n) is 7.32. The van der Waals surface area contributed by atoms with Gasteiger partial charge in [0, 0.05) is 23.7 Å². The van der Waals surface area contributed by atoms with Crippen LogP contribution in [0.5, 0.6) is 0 Å². The first-order valence-corrected chi connectivity index (χ1v) is 9.29. The minimum atomic E-state index is -0.252. The Hall–Kier alpha value is -0.520. The van der Waals surface area contributed by atoms with Crippen molar-refractivity contribution >= 4 is 29.0 Å². The molecule has 3 heterocycles. The maximum Gasteiger partial charge on any atom is 0.263 e. The summed E-state index contributed by atoms with van der Waals surface area (Å²) >= 11 is 3.65. The molecule has 1 aromatic rings. The third kappa shape index (κ3) is 2.90. The molecule has 2 aliphatic rings. The van der Waals surface area contributed by atoms with E-state index in [4.69, 9.17) is 0 Å². The molecular weight excluding hydrogens is 290 g/mol. The number of fused-ring (bicyclic) bond motifs is 1. The van der Waals surface area contributed by atoms with Crippen LogP contribution in [0.15, 0.2) is 6.07 Å². The van der Waals surface area contributed by atoms with Gasteiger partial charge in [-0.05, 0) is 49.5 Å². The van der Waals surface area contributed by atoms with Crippen LogP contribution in [0.3, 0.4) is 0 Å². The number of carbonyl (C=O) groups is 1. The lowest BCUT2D eigenvalue weighted by molar-refractivity contribution is 0.0525. The number of nitrogens with zero attached hydrogens (tertiary/aromatic N) is 1. The van der Waals surface area contributed by atoms with Gasteiger partial charge in [-0.25, -0.2) is 0 Å². The Morgan fingerprint density at radius 2 is 2.20 bits per heavy atom. The highest BCUT2D eigenvalue weighted by Gasteiger charge is 2.27. The van der Waals surface area contributed by atoms with E-state index >= 15 is 0 Å². The lowest BCUT2D eigenvalue weighted by Crippen LogP contribution is -2.40. The highest BCUT2D eigenvalue weighted by atomic mass is 32.2. The number of aliphatic hydroxyl groups excluding tert-OH is 1. The Morgan fingerprint density at radius 1 is 1.45 bits per heavy atom. The SMILES string of the molecule is CC(O)C1CCN(C(=O)c2cc3c(s2)CCSC3)CC1. The predicted molar refractivity (Wildman–Crippen MR) is 84.5 cm³/mol. The van der Waals surface area contributed by atoms with Gasteiger partial charge in [0.1, 0.15) is 0 Å². The van der Waals surface area contributed by atoms with E-state index in [1.807, 2.05) is 23.6 Å². The Balaban J connectivity index is 1.66. The number of hydrogen-bond donors (Lipinski definition) is 1. The molecule has 0 radical (unpaired) electrons. The molecule has 1 saturated heterocycles. The van der Waals surface area contributed by atoms with E-state index in [0.29, 0.717) is 5.92 Å². The number of thiophene rings is 1. The molecule has 3 rings (SSSR count). The summed E-state index contributed by atoms with van der Waals surface area (Å²) in [4.78, 5) is 16.8. The van der Waals surface area contributed by atoms with Crippen molar-refractivity contribution in [2.24, 2.45) is 5.92 Å². The van der Waals surface area contributed by atoms with Crippen LogP contribution in [0.2, 0.25) is 0 Å². The van der Waals surface area contributed by atoms with Crippen molar-refractivity contribution in [3.8, 4) is 0 Å². The quantitative estimate of drug-likeness (QED) is 0.913. The number of aryl methyl sites for hydroxylation is 1. The third-order valence-corrected chi connectivity index (χ3v) is 6.58. The van der Waals surface area contributed by atoms with Gasteiger partial charge in [0.15, 0.2) is 0 Å². The molecule has 0 aromatic carbocycles. The summed E-state index contributed by atoms with van der Waals surface area (Å²) in [6.07, 6.45) is 2.70. The van der Waals surface area contributed by atoms with E-state index in [1.165, 1.54) is 16.2 Å². The maximum absolute atomic E-state index is 12.6. The van der Waals surface area contributed by atoms with Crippen molar-refractivity contribution in [2.45, 2.75) is 38.0 Å². The molecule has 5 heteroatoms. The number of hydrogen-bond acceptors (Lipinski definition) is 4. The molecule has 3 nitrogen and oxygen atoms in total. The van der Waals surface area contributed by atoms with Gasteiger partial charge in [-0.15, -0.1) is 11.3 Å². The minimum Gasteiger partial charge on any atom is -0.393 e. The summed E-state index contributed by atoms with van der Waals surface area (Å²) in [6.45, 7) is 3.42. The van der Waals surface area contributed by atoms with Crippen LogP contribution in [0, 0.1) is 5.92 Å². The second kappa shape index (κ2) is 6.08. The molecular formula is C15H21NO2S2. The van der Waals surface area contributed by atoms with Gasteiger partial charge in [-0.3, -0.25) is 4.79 Å². The van der Waals surface area contributed by atoms with Crippen molar-refractivity contribution in [3.63, 3.8) is 0 Å². The number of amides is 1. The highest BCUT2D eigenvalue weighted by Crippen LogP contribution is 2.33. The van der Waals surface area contributed by atoms with Crippen molar-refractivity contribution < 1.29 is 9.90 Å². The first kappa shape index (κ1) is 14.4. The first-order chi connectivity index (χ1) is 9.65. The molecule has 110 valence electrons. The van der Waals surface area contributed by atoms with Crippen LogP contribution in [0.4, 0.5) is 0 Å². The van der Waals surface area contributed by atoms with Gasteiger partial charge >= 0.3 is 0 Å². The molecule has 0 spiro atoms. The fourth-order valence-electron chi connectivity index (χ4n) is 2.99. The van der Waals surface area contributed by atoms with E-state index in [-0.39, 0.29) is 12.0 Å². The van der Waals surface area contributed by atoms with E-state index in [9.17, 15) is 9.90 Å². The van der Waals surface area contributed by atoms with Crippen molar-refractivity contribution in [1.29, 1.82) is 0 Å². The number of thioether (sulfide) groups is 1. The molecule has 1 unspecified atom stereocenters. The van der Waals surface area contributed by atoms with Gasteiger partial charge in [-0.2, -0.15) is 11.8 Å². The van der Waals surface area contributed by atoms with Gasteiger partial charge in [0.05, 0.1) is 11.0 Å². The Labute approximate surface area is 128 Å². The van der Waals surface area contributed by atoms with Crippen LogP contribution < -0.4 is 0 Å². The fraction of sp³-hybridized carbons (Fsp3) is 0.667. The van der Waals surface area contributed by atoms with E-state index in [0.717, 1.165) is 43.0 Å². The summed E-state index contributed by atoms with van der Waals surface area (Å²) < 4.78 is 0. The largest absolute Gasteiger partial charge is 0.393 e. The number of aliphatic hydroxyl groups is 1. The summed E-state index contributed by atoms with van der Waals surface area (Å²) in [5.41, 5.74) is 1.37. The third-order valence-electron chi connectivity index (χ3n) is 4.35. The van der Waals surface area contributed by atoms with Crippen molar-refractivity contribution in [3.05, 3.63) is 21.4 Å². The van der Waals surface area contributed by atoms with Crippen LogP contribution in [-0.2, 0) is 12.2 Å². The number of piperidine rings is 1. The molecule has 2 aliphatic heterocycles. The average molecular weight is 311 g/mol. The number of rotatable bonds is 2. The van der Waals surface area contributed by atoms with Gasteiger partial charge in [0.2, 0.25) is 0 Å². The van der Waals surface area contributed by atoms with Gasteiger partial charge in [-0.1, -0.05) is 0 Å². The summed E-state index contributed by atoms with van der Waals surface area (Å²) in [6, 6.07) is 2.11. The summed E-state index contributed by atoms with van der Waals surface area (Å²) in [5.74, 6) is 2.79. The number of likely N-dealkylation sites (tertiary alicyclic amines) is 1. The van der Waals surface area contributed by atoms with E-state index < -0.39 is 0 Å². The van der Waals surface area contributed by atoms with Gasteiger partial charge in [0.25, 0.3) is 5.91 Å². The highest BCUT2D eigenvalue weighted by molar-refractivity contribution is 7.98. The zero-order valence-corrected chi connectivity index (χ0v) is 13.4. The average Bonchev–Trinajstić information content (AvgIpc) is 2.90. The van der Waals surface area contributed by atoms with Crippen LogP contribution in [-0.4, -0.2) is 40.9 Å². The molecule has 1 atom stereocenters. The summed E-state index contributed by atoms with van der Waals surface area (Å²) in [7, 11) is 0. The van der Waals surface area contributed by atoms with Crippen molar-refractivity contribution in [2.75, 3.05) is 18.8 Å². The minimum absolute atomic E-state index is 0.193. The number of carbonyl (C=O) groups excluding carboxylic acids is 1. The van der Waals surface area contributed by atoms with Gasteiger partial charge < -0.3 is 10.0 Å². The zero-order chi connectivity index (χ0) is 14.1. The molecule has 1 aromatic heterocycles. The molecule has 0 bridgehead atoms. The second-order valence-electron chi connectivity index (χ2n) is 5.73. The molecule has 1 amide bonds. The predicted octanol–water partition coefficient (Wildman–Crippen LogP) is 2.77.